The third-order valence-electron chi connectivity index (χ3n) is 8.81. The van der Waals surface area contributed by atoms with Crippen molar-refractivity contribution in [3.8, 4) is 5.75 Å². The van der Waals surface area contributed by atoms with E-state index >= 15 is 0 Å². The Morgan fingerprint density at radius 2 is 1.93 bits per heavy atom. The normalized spacial score (nSPS) is 19.7. The standard InChI is InChI=1S/C34H44ClN3O6S/c1-5-7-11-32(34(41)37(3)4)45(42,43)36-33(40)24-14-17-31-29(20-24)38(21-25-13-16-28(25)30(39)6-2)18-9-8-10-23-19-27(35)15-12-26(23)22-44-31/h5-6,12,14-15,17,19-20,25,28,30,32,39H,1-2,7-11,13,16,18,21-22H2,3-4H3,(H,36,40)/t25-,28+,30-,32+/m0/s1. The zero-order valence-corrected chi connectivity index (χ0v) is 27.7. The van der Waals surface area contributed by atoms with Gasteiger partial charge >= 0.3 is 0 Å². The zero-order valence-electron chi connectivity index (χ0n) is 26.1. The lowest BCUT2D eigenvalue weighted by Crippen LogP contribution is -2.46. The lowest BCUT2D eigenvalue weighted by Gasteiger charge is -2.42. The fourth-order valence-electron chi connectivity index (χ4n) is 6.04. The molecule has 9 nitrogen and oxygen atoms in total. The highest BCUT2D eigenvalue weighted by Crippen LogP contribution is 2.40. The van der Waals surface area contributed by atoms with Gasteiger partial charge in [-0.25, -0.2) is 13.1 Å². The highest BCUT2D eigenvalue weighted by atomic mass is 35.5. The molecule has 4 atom stereocenters. The van der Waals surface area contributed by atoms with Crippen molar-refractivity contribution in [3.05, 3.63) is 83.4 Å². The topological polar surface area (TPSA) is 116 Å². The summed E-state index contributed by atoms with van der Waals surface area (Å²) in [6.07, 6.45) is 7.29. The SMILES string of the molecule is C=CCC[C@H](C(=O)N(C)C)S(=O)(=O)NC(=O)c1ccc2c(c1)N(C[C@@H]1CC[C@H]1[C@@H](O)C=C)CCCCc1cc(Cl)ccc1CO2. The number of carbonyl (C=O) groups is 2. The maximum Gasteiger partial charge on any atom is 0.264 e. The van der Waals surface area contributed by atoms with E-state index in [1.54, 1.807) is 18.2 Å². The number of aryl methyl sites for hydroxylation is 1. The van der Waals surface area contributed by atoms with E-state index in [2.05, 4.69) is 22.8 Å². The number of rotatable bonds is 11. The van der Waals surface area contributed by atoms with E-state index in [1.807, 2.05) is 18.2 Å². The van der Waals surface area contributed by atoms with E-state index in [-0.39, 0.29) is 23.8 Å². The van der Waals surface area contributed by atoms with Crippen LogP contribution in [0, 0.1) is 11.8 Å². The van der Waals surface area contributed by atoms with Crippen LogP contribution in [0.15, 0.2) is 61.7 Å². The Morgan fingerprint density at radius 3 is 2.60 bits per heavy atom. The minimum atomic E-state index is -4.35. The molecule has 0 spiro atoms. The second-order valence-electron chi connectivity index (χ2n) is 12.1. The Hall–Kier alpha value is -3.34. The van der Waals surface area contributed by atoms with Crippen LogP contribution in [0.3, 0.4) is 0 Å². The van der Waals surface area contributed by atoms with Crippen LogP contribution in [-0.2, 0) is 27.8 Å². The lowest BCUT2D eigenvalue weighted by atomic mass is 9.70. The van der Waals surface area contributed by atoms with Gasteiger partial charge in [0.1, 0.15) is 12.4 Å². The summed E-state index contributed by atoms with van der Waals surface area (Å²) in [6.45, 7) is 8.99. The number of nitrogens with one attached hydrogen (secondary N) is 1. The number of allylic oxidation sites excluding steroid dienone is 1. The lowest BCUT2D eigenvalue weighted by molar-refractivity contribution is -0.128. The number of hydrogen-bond donors (Lipinski definition) is 2. The number of aliphatic hydroxyl groups excluding tert-OH is 1. The fraction of sp³-hybridized carbons (Fsp3) is 0.471. The van der Waals surface area contributed by atoms with Gasteiger partial charge in [0.2, 0.25) is 15.9 Å². The molecule has 2 N–H and O–H groups in total. The number of nitrogens with zero attached hydrogens (tertiary/aromatic N) is 2. The maximum absolute atomic E-state index is 13.5. The first-order valence-electron chi connectivity index (χ1n) is 15.4. The summed E-state index contributed by atoms with van der Waals surface area (Å²) >= 11 is 6.30. The molecule has 2 aromatic rings. The molecule has 11 heteroatoms. The Labute approximate surface area is 271 Å². The molecule has 0 unspecified atom stereocenters. The molecule has 0 saturated heterocycles. The van der Waals surface area contributed by atoms with Crippen molar-refractivity contribution in [1.29, 1.82) is 0 Å². The van der Waals surface area contributed by atoms with Crippen LogP contribution in [0.25, 0.3) is 0 Å². The second kappa shape index (κ2) is 15.3. The predicted octanol–water partition coefficient (Wildman–Crippen LogP) is 5.12. The molecule has 2 amide bonds. The van der Waals surface area contributed by atoms with Crippen LogP contribution >= 0.6 is 11.6 Å². The van der Waals surface area contributed by atoms with Gasteiger partial charge in [0.05, 0.1) is 11.8 Å². The minimum Gasteiger partial charge on any atom is -0.487 e. The second-order valence-corrected chi connectivity index (χ2v) is 14.4. The number of hydrogen-bond acceptors (Lipinski definition) is 7. The summed E-state index contributed by atoms with van der Waals surface area (Å²) in [4.78, 5) is 29.6. The zero-order chi connectivity index (χ0) is 32.7. The van der Waals surface area contributed by atoms with Gasteiger partial charge in [-0.3, -0.25) is 9.59 Å². The monoisotopic (exact) mass is 657 g/mol. The molecule has 1 saturated carbocycles. The molecule has 1 aliphatic heterocycles. The van der Waals surface area contributed by atoms with Crippen LogP contribution in [0.2, 0.25) is 5.02 Å². The number of benzene rings is 2. The van der Waals surface area contributed by atoms with Crippen molar-refractivity contribution in [1.82, 2.24) is 9.62 Å². The van der Waals surface area contributed by atoms with Crippen LogP contribution in [0.5, 0.6) is 5.75 Å². The molecule has 244 valence electrons. The summed E-state index contributed by atoms with van der Waals surface area (Å²) < 4.78 is 35.1. The van der Waals surface area contributed by atoms with Gasteiger partial charge in [0, 0.05) is 37.8 Å². The summed E-state index contributed by atoms with van der Waals surface area (Å²) in [5, 5.41) is 9.74. The summed E-state index contributed by atoms with van der Waals surface area (Å²) in [7, 11) is -1.40. The number of sulfonamides is 1. The van der Waals surface area contributed by atoms with E-state index in [0.717, 1.165) is 43.2 Å². The van der Waals surface area contributed by atoms with Crippen molar-refractivity contribution in [3.63, 3.8) is 0 Å². The van der Waals surface area contributed by atoms with E-state index < -0.39 is 33.2 Å². The number of halogens is 1. The summed E-state index contributed by atoms with van der Waals surface area (Å²) in [5.74, 6) is -0.575. The van der Waals surface area contributed by atoms with Gasteiger partial charge in [-0.15, -0.1) is 13.2 Å². The first-order chi connectivity index (χ1) is 21.4. The molecular formula is C34H44ClN3O6S. The number of amides is 2. The molecule has 0 radical (unpaired) electrons. The Morgan fingerprint density at radius 1 is 1.16 bits per heavy atom. The molecule has 2 aliphatic rings. The number of fused-ring (bicyclic) bond motifs is 2. The Balaban J connectivity index is 1.67. The van der Waals surface area contributed by atoms with Crippen molar-refractivity contribution in [2.75, 3.05) is 32.1 Å². The van der Waals surface area contributed by atoms with Crippen LogP contribution in [-0.4, -0.2) is 68.8 Å². The number of carbonyl (C=O) groups excluding carboxylic acids is 2. The largest absolute Gasteiger partial charge is 0.487 e. The molecule has 0 aromatic heterocycles. The van der Waals surface area contributed by atoms with Gasteiger partial charge in [-0.2, -0.15) is 0 Å². The van der Waals surface area contributed by atoms with Gasteiger partial charge in [-0.1, -0.05) is 29.8 Å². The van der Waals surface area contributed by atoms with Crippen LogP contribution in [0.4, 0.5) is 5.69 Å². The molecule has 1 fully saturated rings. The van der Waals surface area contributed by atoms with Crippen LogP contribution < -0.4 is 14.4 Å². The van der Waals surface area contributed by atoms with Crippen molar-refractivity contribution in [2.24, 2.45) is 11.8 Å². The first-order valence-corrected chi connectivity index (χ1v) is 17.3. The molecular weight excluding hydrogens is 614 g/mol. The third kappa shape index (κ3) is 8.48. The average Bonchev–Trinajstić information content (AvgIpc) is 3.01. The summed E-state index contributed by atoms with van der Waals surface area (Å²) in [6, 6.07) is 10.7. The minimum absolute atomic E-state index is 0.000728. The quantitative estimate of drug-likeness (QED) is 0.323. The Kier molecular flexibility index (Phi) is 11.7. The third-order valence-corrected chi connectivity index (χ3v) is 10.7. The molecule has 1 aliphatic carbocycles. The number of ether oxygens (including phenoxy) is 1. The number of aliphatic hydroxyl groups is 1. The highest BCUT2D eigenvalue weighted by molar-refractivity contribution is 7.91. The van der Waals surface area contributed by atoms with E-state index in [0.29, 0.717) is 42.6 Å². The van der Waals surface area contributed by atoms with Gasteiger partial charge in [0.25, 0.3) is 5.91 Å². The van der Waals surface area contributed by atoms with Crippen molar-refractivity contribution in [2.45, 2.75) is 62.9 Å². The number of anilines is 1. The predicted molar refractivity (Wildman–Crippen MR) is 178 cm³/mol. The van der Waals surface area contributed by atoms with Gasteiger partial charge in [0.15, 0.2) is 5.25 Å². The smallest absolute Gasteiger partial charge is 0.264 e. The maximum atomic E-state index is 13.5. The van der Waals surface area contributed by atoms with E-state index in [9.17, 15) is 23.1 Å². The molecule has 1 heterocycles. The van der Waals surface area contributed by atoms with Crippen molar-refractivity contribution < 1.29 is 27.9 Å². The fourth-order valence-corrected chi connectivity index (χ4v) is 7.67. The molecule has 45 heavy (non-hydrogen) atoms. The summed E-state index contributed by atoms with van der Waals surface area (Å²) in [5.41, 5.74) is 2.95. The van der Waals surface area contributed by atoms with Gasteiger partial charge < -0.3 is 19.6 Å². The molecule has 2 aromatic carbocycles. The average molecular weight is 658 g/mol. The van der Waals surface area contributed by atoms with Gasteiger partial charge in [-0.05, 0) is 98.2 Å². The first kappa shape index (κ1) is 34.5. The molecule has 4 rings (SSSR count). The van der Waals surface area contributed by atoms with E-state index in [4.69, 9.17) is 16.3 Å². The van der Waals surface area contributed by atoms with Crippen LogP contribution in [0.1, 0.15) is 60.0 Å². The highest BCUT2D eigenvalue weighted by Gasteiger charge is 2.37. The Bertz CT molecular complexity index is 1510. The van der Waals surface area contributed by atoms with Crippen molar-refractivity contribution >= 4 is 39.1 Å². The molecule has 0 bridgehead atoms. The van der Waals surface area contributed by atoms with E-state index in [1.165, 1.54) is 31.1 Å².